The summed E-state index contributed by atoms with van der Waals surface area (Å²) in [5, 5.41) is 17.3. The molecule has 0 fully saturated rings. The van der Waals surface area contributed by atoms with E-state index < -0.39 is 47.9 Å². The zero-order valence-electron chi connectivity index (χ0n) is 20.7. The Morgan fingerprint density at radius 1 is 0.882 bits per heavy atom. The Bertz CT molecular complexity index is 714. The Labute approximate surface area is 205 Å². The van der Waals surface area contributed by atoms with Gasteiger partial charge in [-0.15, -0.1) is 0 Å². The van der Waals surface area contributed by atoms with Crippen molar-refractivity contribution in [3.8, 4) is 0 Å². The maximum atomic E-state index is 13.0. The van der Waals surface area contributed by atoms with Gasteiger partial charge in [0.15, 0.2) is 5.96 Å². The van der Waals surface area contributed by atoms with Crippen molar-refractivity contribution in [2.75, 3.05) is 18.6 Å². The van der Waals surface area contributed by atoms with Crippen molar-refractivity contribution in [2.24, 2.45) is 34.0 Å². The van der Waals surface area contributed by atoms with Gasteiger partial charge < -0.3 is 38.3 Å². The van der Waals surface area contributed by atoms with E-state index in [2.05, 4.69) is 20.9 Å². The number of carbonyl (C=O) groups is 4. The van der Waals surface area contributed by atoms with Gasteiger partial charge in [0.25, 0.3) is 0 Å². The zero-order valence-corrected chi connectivity index (χ0v) is 21.5. The second-order valence-corrected chi connectivity index (χ2v) is 9.68. The SMILES string of the molecule is CSCCC(NC(=O)C(N)C(C)C)C(=O)NC(C(=O)NC(CCCN=C(N)N)C(=O)O)C(C)C. The summed E-state index contributed by atoms with van der Waals surface area (Å²) >= 11 is 1.51. The van der Waals surface area contributed by atoms with E-state index in [1.165, 1.54) is 11.8 Å². The minimum absolute atomic E-state index is 0.101. The number of nitrogens with two attached hydrogens (primary N) is 3. The van der Waals surface area contributed by atoms with Crippen LogP contribution < -0.4 is 33.2 Å². The van der Waals surface area contributed by atoms with Gasteiger partial charge in [-0.1, -0.05) is 27.7 Å². The fourth-order valence-corrected chi connectivity index (χ4v) is 3.36. The molecule has 0 radical (unpaired) electrons. The van der Waals surface area contributed by atoms with Crippen molar-refractivity contribution in [1.29, 1.82) is 0 Å². The number of nitrogens with zero attached hydrogens (tertiary/aromatic N) is 1. The van der Waals surface area contributed by atoms with Crippen LogP contribution in [0.25, 0.3) is 0 Å². The Morgan fingerprint density at radius 3 is 1.94 bits per heavy atom. The van der Waals surface area contributed by atoms with Gasteiger partial charge in [0, 0.05) is 6.54 Å². The lowest BCUT2D eigenvalue weighted by molar-refractivity contribution is -0.142. The molecule has 4 atom stereocenters. The van der Waals surface area contributed by atoms with Crippen LogP contribution in [-0.4, -0.2) is 77.5 Å². The summed E-state index contributed by atoms with van der Waals surface area (Å²) in [5.74, 6) is -2.78. The van der Waals surface area contributed by atoms with Gasteiger partial charge in [0.1, 0.15) is 18.1 Å². The molecule has 0 aliphatic rings. The highest BCUT2D eigenvalue weighted by Crippen LogP contribution is 2.08. The molecule has 13 heteroatoms. The molecule has 0 bridgehead atoms. The largest absolute Gasteiger partial charge is 0.480 e. The lowest BCUT2D eigenvalue weighted by atomic mass is 10.0. The number of amides is 3. The molecule has 34 heavy (non-hydrogen) atoms. The number of rotatable bonds is 16. The summed E-state index contributed by atoms with van der Waals surface area (Å²) in [6.07, 6.45) is 2.67. The number of hydrogen-bond acceptors (Lipinski definition) is 7. The number of guanidine groups is 1. The van der Waals surface area contributed by atoms with Gasteiger partial charge in [-0.2, -0.15) is 11.8 Å². The Balaban J connectivity index is 5.33. The standard InChI is InChI=1S/C21H41N7O5S/c1-11(2)15(22)18(30)26-13(8-10-34-5)17(29)28-16(12(3)4)19(31)27-14(20(32)33)7-6-9-25-21(23)24/h11-16H,6-10,22H2,1-5H3,(H,26,30)(H,27,31)(H,28,29)(H,32,33)(H4,23,24,25). The zero-order chi connectivity index (χ0) is 26.4. The van der Waals surface area contributed by atoms with Crippen molar-refractivity contribution >= 4 is 41.4 Å². The molecular formula is C21H41N7O5S. The molecule has 0 aliphatic carbocycles. The van der Waals surface area contributed by atoms with Crippen LogP contribution in [0.4, 0.5) is 0 Å². The molecule has 0 saturated heterocycles. The number of nitrogens with one attached hydrogen (secondary N) is 3. The van der Waals surface area contributed by atoms with Gasteiger partial charge in [-0.3, -0.25) is 19.4 Å². The van der Waals surface area contributed by atoms with E-state index in [1.807, 2.05) is 6.26 Å². The molecule has 0 heterocycles. The molecule has 0 aliphatic heterocycles. The first kappa shape index (κ1) is 31.5. The molecule has 0 aromatic rings. The third-order valence-corrected chi connectivity index (χ3v) is 5.72. The van der Waals surface area contributed by atoms with Crippen LogP contribution in [0.1, 0.15) is 47.0 Å². The number of carbonyl (C=O) groups excluding carboxylic acids is 3. The summed E-state index contributed by atoms with van der Waals surface area (Å²) < 4.78 is 0. The summed E-state index contributed by atoms with van der Waals surface area (Å²) in [5.41, 5.74) is 16.4. The van der Waals surface area contributed by atoms with Gasteiger partial charge in [0.2, 0.25) is 17.7 Å². The van der Waals surface area contributed by atoms with E-state index in [-0.39, 0.29) is 30.8 Å². The highest BCUT2D eigenvalue weighted by Gasteiger charge is 2.32. The Kier molecular flexibility index (Phi) is 14.9. The topological polar surface area (TPSA) is 215 Å². The van der Waals surface area contributed by atoms with E-state index in [0.29, 0.717) is 18.6 Å². The van der Waals surface area contributed by atoms with Crippen LogP contribution in [0.15, 0.2) is 4.99 Å². The molecule has 0 spiro atoms. The van der Waals surface area contributed by atoms with Crippen LogP contribution in [0, 0.1) is 11.8 Å². The van der Waals surface area contributed by atoms with Crippen LogP contribution in [0.5, 0.6) is 0 Å². The van der Waals surface area contributed by atoms with E-state index in [1.54, 1.807) is 27.7 Å². The number of carboxylic acid groups (broad SMARTS) is 1. The normalized spacial score (nSPS) is 14.6. The molecule has 10 N–H and O–H groups in total. The molecule has 12 nitrogen and oxygen atoms in total. The number of thioether (sulfide) groups is 1. The van der Waals surface area contributed by atoms with Crippen molar-refractivity contribution in [3.05, 3.63) is 0 Å². The highest BCUT2D eigenvalue weighted by molar-refractivity contribution is 7.98. The van der Waals surface area contributed by atoms with Crippen LogP contribution in [-0.2, 0) is 19.2 Å². The fourth-order valence-electron chi connectivity index (χ4n) is 2.89. The first-order valence-corrected chi connectivity index (χ1v) is 12.6. The maximum absolute atomic E-state index is 13.0. The van der Waals surface area contributed by atoms with Crippen LogP contribution in [0.3, 0.4) is 0 Å². The summed E-state index contributed by atoms with van der Waals surface area (Å²) in [4.78, 5) is 53.6. The molecule has 3 amide bonds. The summed E-state index contributed by atoms with van der Waals surface area (Å²) in [6.45, 7) is 7.28. The van der Waals surface area contributed by atoms with Gasteiger partial charge in [0.05, 0.1) is 6.04 Å². The first-order valence-electron chi connectivity index (χ1n) is 11.3. The lowest BCUT2D eigenvalue weighted by Crippen LogP contribution is -2.58. The summed E-state index contributed by atoms with van der Waals surface area (Å²) in [6, 6.07) is -3.83. The highest BCUT2D eigenvalue weighted by atomic mass is 32.2. The molecule has 0 saturated carbocycles. The number of hydrogen-bond donors (Lipinski definition) is 7. The van der Waals surface area contributed by atoms with Crippen LogP contribution in [0.2, 0.25) is 0 Å². The third kappa shape index (κ3) is 12.1. The van der Waals surface area contributed by atoms with E-state index in [0.717, 1.165) is 0 Å². The van der Waals surface area contributed by atoms with Gasteiger partial charge >= 0.3 is 5.97 Å². The van der Waals surface area contributed by atoms with Crippen LogP contribution >= 0.6 is 11.8 Å². The molecule has 0 aromatic heterocycles. The van der Waals surface area contributed by atoms with E-state index in [4.69, 9.17) is 17.2 Å². The lowest BCUT2D eigenvalue weighted by Gasteiger charge is -2.27. The Hall–Kier alpha value is -2.54. The average Bonchev–Trinajstić information content (AvgIpc) is 2.75. The van der Waals surface area contributed by atoms with Crippen molar-refractivity contribution in [1.82, 2.24) is 16.0 Å². The number of carboxylic acids is 1. The monoisotopic (exact) mass is 503 g/mol. The van der Waals surface area contributed by atoms with E-state index >= 15 is 0 Å². The molecule has 4 unspecified atom stereocenters. The number of aliphatic imine (C=N–C) groups is 1. The fraction of sp³-hybridized carbons (Fsp3) is 0.762. The minimum atomic E-state index is -1.21. The van der Waals surface area contributed by atoms with Gasteiger partial charge in [-0.25, -0.2) is 4.79 Å². The van der Waals surface area contributed by atoms with Gasteiger partial charge in [-0.05, 0) is 43.1 Å². The first-order chi connectivity index (χ1) is 15.8. The smallest absolute Gasteiger partial charge is 0.326 e. The number of aliphatic carboxylic acids is 1. The quantitative estimate of drug-likeness (QED) is 0.0777. The molecular weight excluding hydrogens is 462 g/mol. The summed E-state index contributed by atoms with van der Waals surface area (Å²) in [7, 11) is 0. The third-order valence-electron chi connectivity index (χ3n) is 5.07. The van der Waals surface area contributed by atoms with Crippen molar-refractivity contribution < 1.29 is 24.3 Å². The predicted octanol–water partition coefficient (Wildman–Crippen LogP) is -1.03. The maximum Gasteiger partial charge on any atom is 0.326 e. The van der Waals surface area contributed by atoms with Crippen molar-refractivity contribution in [3.63, 3.8) is 0 Å². The Morgan fingerprint density at radius 2 is 1.47 bits per heavy atom. The van der Waals surface area contributed by atoms with E-state index in [9.17, 15) is 24.3 Å². The second-order valence-electron chi connectivity index (χ2n) is 8.69. The molecule has 196 valence electrons. The average molecular weight is 504 g/mol. The predicted molar refractivity (Wildman–Crippen MR) is 134 cm³/mol. The van der Waals surface area contributed by atoms with Crippen molar-refractivity contribution in [2.45, 2.75) is 71.1 Å². The second kappa shape index (κ2) is 16.1. The molecule has 0 aromatic carbocycles. The minimum Gasteiger partial charge on any atom is -0.480 e. The molecule has 0 rings (SSSR count).